The van der Waals surface area contributed by atoms with Gasteiger partial charge in [0.25, 0.3) is 0 Å². The molecule has 0 saturated carbocycles. The Morgan fingerprint density at radius 2 is 2.00 bits per heavy atom. The van der Waals surface area contributed by atoms with E-state index >= 15 is 0 Å². The van der Waals surface area contributed by atoms with E-state index < -0.39 is 0 Å². The molecule has 0 bridgehead atoms. The second-order valence-electron chi connectivity index (χ2n) is 6.02. The molecule has 1 aromatic heterocycles. The number of nitrogens with one attached hydrogen (secondary N) is 1. The minimum atomic E-state index is -0.172. The van der Waals surface area contributed by atoms with Crippen LogP contribution in [0.25, 0.3) is 0 Å². The number of hydrogen-bond donors (Lipinski definition) is 1. The summed E-state index contributed by atoms with van der Waals surface area (Å²) < 4.78 is 8.41. The molecule has 0 aliphatic heterocycles. The van der Waals surface area contributed by atoms with Crippen LogP contribution in [0, 0.1) is 6.92 Å². The number of anilines is 1. The number of halogens is 2. The lowest BCUT2D eigenvalue weighted by Crippen LogP contribution is -2.15. The topological polar surface area (TPSA) is 69.0 Å². The lowest BCUT2D eigenvalue weighted by molar-refractivity contribution is -0.113. The maximum Gasteiger partial charge on any atom is 0.234 e. The molecule has 0 fully saturated rings. The third-order valence-electron chi connectivity index (χ3n) is 3.85. The highest BCUT2D eigenvalue weighted by Gasteiger charge is 2.13. The Morgan fingerprint density at radius 3 is 2.71 bits per heavy atom. The lowest BCUT2D eigenvalue weighted by Gasteiger charge is -2.08. The second-order valence-corrected chi connectivity index (χ2v) is 8.29. The molecule has 0 unspecified atom stereocenters. The number of carbonyl (C=O) groups excluding carboxylic acids is 1. The predicted molar refractivity (Wildman–Crippen MR) is 115 cm³/mol. The van der Waals surface area contributed by atoms with E-state index in [2.05, 4.69) is 31.4 Å². The number of aromatic nitrogens is 3. The molecule has 1 amide bonds. The summed E-state index contributed by atoms with van der Waals surface area (Å²) in [7, 11) is 1.85. The van der Waals surface area contributed by atoms with Crippen molar-refractivity contribution in [1.82, 2.24) is 14.8 Å². The van der Waals surface area contributed by atoms with Gasteiger partial charge in [-0.1, -0.05) is 57.0 Å². The van der Waals surface area contributed by atoms with Gasteiger partial charge in [0, 0.05) is 11.5 Å². The van der Waals surface area contributed by atoms with Crippen molar-refractivity contribution < 1.29 is 9.53 Å². The molecule has 0 saturated heterocycles. The average molecular weight is 482 g/mol. The smallest absolute Gasteiger partial charge is 0.234 e. The number of aryl methyl sites for hydroxylation is 1. The molecule has 3 rings (SSSR count). The monoisotopic (exact) mass is 480 g/mol. The summed E-state index contributed by atoms with van der Waals surface area (Å²) in [5, 5.41) is 12.2. The van der Waals surface area contributed by atoms with Gasteiger partial charge in [0.05, 0.1) is 16.5 Å². The highest BCUT2D eigenvalue weighted by atomic mass is 79.9. The molecule has 1 N–H and O–H groups in total. The zero-order valence-corrected chi connectivity index (χ0v) is 18.4. The molecule has 0 spiro atoms. The predicted octanol–water partition coefficient (Wildman–Crippen LogP) is 4.85. The largest absolute Gasteiger partial charge is 0.486 e. The second kappa shape index (κ2) is 9.45. The number of nitrogens with zero attached hydrogens (tertiary/aromatic N) is 3. The molecular weight excluding hydrogens is 464 g/mol. The van der Waals surface area contributed by atoms with Crippen molar-refractivity contribution in [2.45, 2.75) is 18.7 Å². The van der Waals surface area contributed by atoms with E-state index in [0.29, 0.717) is 28.3 Å². The first kappa shape index (κ1) is 20.7. The lowest BCUT2D eigenvalue weighted by atomic mass is 10.2. The molecule has 0 atom stereocenters. The SMILES string of the molecule is Cc1ccc(OCc2nnc(SCC(=O)Nc3ccc(Br)cc3Cl)n2C)cc1. The van der Waals surface area contributed by atoms with E-state index in [1.807, 2.05) is 48.9 Å². The van der Waals surface area contributed by atoms with Gasteiger partial charge in [-0.15, -0.1) is 10.2 Å². The summed E-state index contributed by atoms with van der Waals surface area (Å²) in [6.07, 6.45) is 0. The standard InChI is InChI=1S/C19H18BrClN4O2S/c1-12-3-6-14(7-4-12)27-10-17-23-24-19(25(17)2)28-11-18(26)22-16-8-5-13(20)9-15(16)21/h3-9H,10-11H2,1-2H3,(H,22,26). The van der Waals surface area contributed by atoms with Crippen LogP contribution in [0.5, 0.6) is 5.75 Å². The molecule has 2 aromatic carbocycles. The molecular formula is C19H18BrClN4O2S. The summed E-state index contributed by atoms with van der Waals surface area (Å²) in [5.74, 6) is 1.47. The van der Waals surface area contributed by atoms with E-state index in [0.717, 1.165) is 10.2 Å². The van der Waals surface area contributed by atoms with Crippen LogP contribution in [0.4, 0.5) is 5.69 Å². The van der Waals surface area contributed by atoms with Crippen LogP contribution < -0.4 is 10.1 Å². The Bertz CT molecular complexity index is 979. The number of hydrogen-bond acceptors (Lipinski definition) is 5. The van der Waals surface area contributed by atoms with Gasteiger partial charge in [-0.25, -0.2) is 0 Å². The first-order valence-corrected chi connectivity index (χ1v) is 10.5. The Kier molecular flexibility index (Phi) is 6.98. The molecule has 1 heterocycles. The number of thioether (sulfide) groups is 1. The highest BCUT2D eigenvalue weighted by Crippen LogP contribution is 2.26. The molecule has 28 heavy (non-hydrogen) atoms. The number of amides is 1. The number of rotatable bonds is 7. The van der Waals surface area contributed by atoms with Crippen molar-refractivity contribution in [3.8, 4) is 5.75 Å². The Balaban J connectivity index is 1.53. The molecule has 0 aliphatic rings. The minimum absolute atomic E-state index is 0.172. The number of benzene rings is 2. The maximum atomic E-state index is 12.2. The molecule has 3 aromatic rings. The van der Waals surface area contributed by atoms with Gasteiger partial charge in [0.15, 0.2) is 11.0 Å². The van der Waals surface area contributed by atoms with Gasteiger partial charge < -0.3 is 14.6 Å². The maximum absolute atomic E-state index is 12.2. The summed E-state index contributed by atoms with van der Waals surface area (Å²) >= 11 is 10.8. The first-order valence-electron chi connectivity index (χ1n) is 8.38. The third kappa shape index (κ3) is 5.50. The van der Waals surface area contributed by atoms with Gasteiger partial charge in [-0.2, -0.15) is 0 Å². The van der Waals surface area contributed by atoms with Crippen molar-refractivity contribution in [2.75, 3.05) is 11.1 Å². The van der Waals surface area contributed by atoms with Gasteiger partial charge in [-0.3, -0.25) is 4.79 Å². The van der Waals surface area contributed by atoms with E-state index in [1.54, 1.807) is 12.1 Å². The van der Waals surface area contributed by atoms with Crippen LogP contribution in [-0.4, -0.2) is 26.4 Å². The van der Waals surface area contributed by atoms with Crippen LogP contribution in [0.1, 0.15) is 11.4 Å². The number of carbonyl (C=O) groups is 1. The highest BCUT2D eigenvalue weighted by molar-refractivity contribution is 9.10. The zero-order valence-electron chi connectivity index (χ0n) is 15.3. The molecule has 146 valence electrons. The Morgan fingerprint density at radius 1 is 1.25 bits per heavy atom. The molecule has 9 heteroatoms. The fourth-order valence-electron chi connectivity index (χ4n) is 2.29. The van der Waals surface area contributed by atoms with Gasteiger partial charge in [0.1, 0.15) is 12.4 Å². The van der Waals surface area contributed by atoms with Crippen molar-refractivity contribution in [3.05, 3.63) is 63.3 Å². The molecule has 6 nitrogen and oxygen atoms in total. The van der Waals surface area contributed by atoms with Crippen molar-refractivity contribution >= 4 is 50.9 Å². The van der Waals surface area contributed by atoms with Gasteiger partial charge in [0.2, 0.25) is 5.91 Å². The summed E-state index contributed by atoms with van der Waals surface area (Å²) in [4.78, 5) is 12.2. The fourth-order valence-corrected chi connectivity index (χ4v) is 3.74. The summed E-state index contributed by atoms with van der Waals surface area (Å²) in [6, 6.07) is 13.1. The van der Waals surface area contributed by atoms with E-state index in [1.165, 1.54) is 17.3 Å². The van der Waals surface area contributed by atoms with Gasteiger partial charge in [-0.05, 0) is 37.3 Å². The summed E-state index contributed by atoms with van der Waals surface area (Å²) in [6.45, 7) is 2.32. The van der Waals surface area contributed by atoms with Crippen molar-refractivity contribution in [2.24, 2.45) is 7.05 Å². The van der Waals surface area contributed by atoms with Crippen LogP contribution >= 0.6 is 39.3 Å². The Labute approximate surface area is 180 Å². The van der Waals surface area contributed by atoms with E-state index in [4.69, 9.17) is 16.3 Å². The van der Waals surface area contributed by atoms with E-state index in [9.17, 15) is 4.79 Å². The van der Waals surface area contributed by atoms with Crippen LogP contribution in [0.3, 0.4) is 0 Å². The fraction of sp³-hybridized carbons (Fsp3) is 0.211. The number of ether oxygens (including phenoxy) is 1. The zero-order chi connectivity index (χ0) is 20.1. The van der Waals surface area contributed by atoms with E-state index in [-0.39, 0.29) is 11.7 Å². The molecule has 0 radical (unpaired) electrons. The summed E-state index contributed by atoms with van der Waals surface area (Å²) in [5.41, 5.74) is 1.74. The third-order valence-corrected chi connectivity index (χ3v) is 5.68. The van der Waals surface area contributed by atoms with Crippen LogP contribution in [0.15, 0.2) is 52.1 Å². The van der Waals surface area contributed by atoms with Crippen molar-refractivity contribution in [1.29, 1.82) is 0 Å². The minimum Gasteiger partial charge on any atom is -0.486 e. The quantitative estimate of drug-likeness (QED) is 0.489. The van der Waals surface area contributed by atoms with Crippen LogP contribution in [-0.2, 0) is 18.4 Å². The van der Waals surface area contributed by atoms with Crippen molar-refractivity contribution in [3.63, 3.8) is 0 Å². The Hall–Kier alpha value is -2.03. The van der Waals surface area contributed by atoms with Gasteiger partial charge >= 0.3 is 0 Å². The molecule has 0 aliphatic carbocycles. The average Bonchev–Trinajstić information content (AvgIpc) is 3.02. The normalized spacial score (nSPS) is 10.7. The first-order chi connectivity index (χ1) is 13.4. The van der Waals surface area contributed by atoms with Crippen LogP contribution in [0.2, 0.25) is 5.02 Å².